The van der Waals surface area contributed by atoms with Gasteiger partial charge in [0, 0.05) is 0 Å². The zero-order valence-corrected chi connectivity index (χ0v) is 12.7. The summed E-state index contributed by atoms with van der Waals surface area (Å²) >= 11 is 2.09. The summed E-state index contributed by atoms with van der Waals surface area (Å²) < 4.78 is 17.3. The van der Waals surface area contributed by atoms with E-state index in [0.717, 1.165) is 5.56 Å². The van der Waals surface area contributed by atoms with E-state index in [9.17, 15) is 4.79 Å². The molecule has 0 atom stereocenters. The van der Waals surface area contributed by atoms with Gasteiger partial charge in [0.15, 0.2) is 11.5 Å². The number of esters is 1. The maximum Gasteiger partial charge on any atom is 0.342 e. The summed E-state index contributed by atoms with van der Waals surface area (Å²) in [6, 6.07) is 3.55. The SMILES string of the molecule is CCOC(=O)c1c(/C=C/I)ccc(OC)c1OC. The van der Waals surface area contributed by atoms with Crippen LogP contribution in [-0.4, -0.2) is 26.8 Å². The van der Waals surface area contributed by atoms with Gasteiger partial charge in [0.1, 0.15) is 5.56 Å². The van der Waals surface area contributed by atoms with Crippen molar-refractivity contribution >= 4 is 34.6 Å². The van der Waals surface area contributed by atoms with Gasteiger partial charge in [-0.1, -0.05) is 28.7 Å². The quantitative estimate of drug-likeness (QED) is 0.596. The molecular weight excluding hydrogens is 347 g/mol. The Morgan fingerprint density at radius 3 is 2.56 bits per heavy atom. The van der Waals surface area contributed by atoms with E-state index in [1.807, 2.05) is 10.2 Å². The smallest absolute Gasteiger partial charge is 0.342 e. The van der Waals surface area contributed by atoms with Gasteiger partial charge in [-0.15, -0.1) is 0 Å². The van der Waals surface area contributed by atoms with Crippen molar-refractivity contribution in [1.29, 1.82) is 0 Å². The molecule has 0 fully saturated rings. The number of hydrogen-bond acceptors (Lipinski definition) is 4. The van der Waals surface area contributed by atoms with Gasteiger partial charge in [0.2, 0.25) is 0 Å². The molecule has 0 heterocycles. The molecule has 0 N–H and O–H groups in total. The zero-order chi connectivity index (χ0) is 13.5. The van der Waals surface area contributed by atoms with Crippen molar-refractivity contribution in [2.45, 2.75) is 6.92 Å². The topological polar surface area (TPSA) is 44.8 Å². The standard InChI is InChI=1S/C13H15IO4/c1-4-18-13(15)11-9(7-8-14)5-6-10(16-2)12(11)17-3/h5-8H,4H2,1-3H3/b8-7+. The van der Waals surface area contributed by atoms with Gasteiger partial charge in [0.25, 0.3) is 0 Å². The van der Waals surface area contributed by atoms with E-state index in [4.69, 9.17) is 14.2 Å². The number of carbonyl (C=O) groups excluding carboxylic acids is 1. The van der Waals surface area contributed by atoms with Crippen molar-refractivity contribution < 1.29 is 19.0 Å². The van der Waals surface area contributed by atoms with Crippen LogP contribution in [0.3, 0.4) is 0 Å². The molecule has 4 nitrogen and oxygen atoms in total. The third kappa shape index (κ3) is 3.16. The second kappa shape index (κ2) is 7.25. The molecule has 1 rings (SSSR count). The zero-order valence-electron chi connectivity index (χ0n) is 10.5. The minimum absolute atomic E-state index is 0.312. The highest BCUT2D eigenvalue weighted by molar-refractivity contribution is 14.1. The Bertz CT molecular complexity index is 455. The molecular formula is C13H15IO4. The fraction of sp³-hybridized carbons (Fsp3) is 0.308. The molecule has 1 aromatic rings. The normalized spacial score (nSPS) is 10.4. The molecule has 0 aromatic heterocycles. The summed E-state index contributed by atoms with van der Waals surface area (Å²) in [5, 5.41) is 0. The highest BCUT2D eigenvalue weighted by atomic mass is 127. The van der Waals surface area contributed by atoms with E-state index < -0.39 is 5.97 Å². The summed E-state index contributed by atoms with van der Waals surface area (Å²) in [5.41, 5.74) is 1.12. The average Bonchev–Trinajstić information content (AvgIpc) is 2.38. The first-order valence-electron chi connectivity index (χ1n) is 5.38. The van der Waals surface area contributed by atoms with Crippen molar-refractivity contribution in [2.75, 3.05) is 20.8 Å². The predicted molar refractivity (Wildman–Crippen MR) is 78.6 cm³/mol. The lowest BCUT2D eigenvalue weighted by Crippen LogP contribution is -2.09. The van der Waals surface area contributed by atoms with Crippen molar-refractivity contribution in [3.05, 3.63) is 27.3 Å². The van der Waals surface area contributed by atoms with E-state index in [1.165, 1.54) is 14.2 Å². The number of methoxy groups -OCH3 is 2. The van der Waals surface area contributed by atoms with E-state index in [0.29, 0.717) is 23.7 Å². The molecule has 0 saturated heterocycles. The fourth-order valence-corrected chi connectivity index (χ4v) is 1.95. The molecule has 98 valence electrons. The van der Waals surface area contributed by atoms with Gasteiger partial charge >= 0.3 is 5.97 Å². The maximum atomic E-state index is 12.0. The molecule has 0 spiro atoms. The van der Waals surface area contributed by atoms with E-state index in [-0.39, 0.29) is 0 Å². The Labute approximate surface area is 120 Å². The molecule has 18 heavy (non-hydrogen) atoms. The number of benzene rings is 1. The lowest BCUT2D eigenvalue weighted by atomic mass is 10.1. The lowest BCUT2D eigenvalue weighted by Gasteiger charge is -2.14. The van der Waals surface area contributed by atoms with Gasteiger partial charge in [-0.2, -0.15) is 0 Å². The Morgan fingerprint density at radius 2 is 2.06 bits per heavy atom. The molecule has 1 aromatic carbocycles. The average molecular weight is 362 g/mol. The second-order valence-corrected chi connectivity index (χ2v) is 4.00. The van der Waals surface area contributed by atoms with Crippen LogP contribution < -0.4 is 9.47 Å². The van der Waals surface area contributed by atoms with Crippen LogP contribution in [0.5, 0.6) is 11.5 Å². The molecule has 0 aliphatic heterocycles. The molecule has 0 amide bonds. The van der Waals surface area contributed by atoms with Crippen LogP contribution in [0.15, 0.2) is 16.2 Å². The van der Waals surface area contributed by atoms with Crippen LogP contribution in [0, 0.1) is 0 Å². The minimum Gasteiger partial charge on any atom is -0.493 e. The number of ether oxygens (including phenoxy) is 3. The summed E-state index contributed by atoms with van der Waals surface area (Å²) in [5.74, 6) is 0.479. The Morgan fingerprint density at radius 1 is 1.33 bits per heavy atom. The molecule has 5 heteroatoms. The maximum absolute atomic E-state index is 12.0. The third-order valence-electron chi connectivity index (χ3n) is 2.30. The summed E-state index contributed by atoms with van der Waals surface area (Å²) in [6.45, 7) is 2.07. The minimum atomic E-state index is -0.419. The van der Waals surface area contributed by atoms with Gasteiger partial charge in [-0.05, 0) is 28.7 Å². The first kappa shape index (κ1) is 14.8. The predicted octanol–water partition coefficient (Wildman–Crippen LogP) is 3.29. The van der Waals surface area contributed by atoms with Gasteiger partial charge in [0.05, 0.1) is 20.8 Å². The summed E-state index contributed by atoms with van der Waals surface area (Å²) in [4.78, 5) is 12.0. The summed E-state index contributed by atoms with van der Waals surface area (Å²) in [7, 11) is 3.03. The highest BCUT2D eigenvalue weighted by Crippen LogP contribution is 2.34. The van der Waals surface area contributed by atoms with Crippen LogP contribution in [0.1, 0.15) is 22.8 Å². The Balaban J connectivity index is 3.42. The van der Waals surface area contributed by atoms with E-state index in [2.05, 4.69) is 22.6 Å². The van der Waals surface area contributed by atoms with Crippen LogP contribution in [0.2, 0.25) is 0 Å². The van der Waals surface area contributed by atoms with Crippen LogP contribution in [0.25, 0.3) is 6.08 Å². The van der Waals surface area contributed by atoms with Crippen LogP contribution in [0.4, 0.5) is 0 Å². The monoisotopic (exact) mass is 362 g/mol. The van der Waals surface area contributed by atoms with Gasteiger partial charge in [-0.25, -0.2) is 4.79 Å². The Hall–Kier alpha value is -1.24. The largest absolute Gasteiger partial charge is 0.493 e. The number of hydrogen-bond donors (Lipinski definition) is 0. The van der Waals surface area contributed by atoms with Crippen molar-refractivity contribution in [1.82, 2.24) is 0 Å². The first-order valence-corrected chi connectivity index (χ1v) is 6.63. The molecule has 0 saturated carbocycles. The first-order chi connectivity index (χ1) is 8.69. The second-order valence-electron chi connectivity index (χ2n) is 3.28. The third-order valence-corrected chi connectivity index (χ3v) is 2.66. The van der Waals surface area contributed by atoms with Crippen molar-refractivity contribution in [3.63, 3.8) is 0 Å². The van der Waals surface area contributed by atoms with Crippen LogP contribution >= 0.6 is 22.6 Å². The van der Waals surface area contributed by atoms with Crippen molar-refractivity contribution in [2.24, 2.45) is 0 Å². The number of halogens is 1. The van der Waals surface area contributed by atoms with E-state index >= 15 is 0 Å². The highest BCUT2D eigenvalue weighted by Gasteiger charge is 2.21. The Kier molecular flexibility index (Phi) is 5.97. The van der Waals surface area contributed by atoms with Gasteiger partial charge in [-0.3, -0.25) is 0 Å². The lowest BCUT2D eigenvalue weighted by molar-refractivity contribution is 0.0522. The number of rotatable bonds is 5. The summed E-state index contributed by atoms with van der Waals surface area (Å²) in [6.07, 6.45) is 1.81. The molecule has 0 aliphatic carbocycles. The molecule has 0 aliphatic rings. The molecule has 0 bridgehead atoms. The number of carbonyl (C=O) groups is 1. The molecule has 0 unspecified atom stereocenters. The van der Waals surface area contributed by atoms with Gasteiger partial charge < -0.3 is 14.2 Å². The molecule has 0 radical (unpaired) electrons. The van der Waals surface area contributed by atoms with Crippen LogP contribution in [-0.2, 0) is 4.74 Å². The van der Waals surface area contributed by atoms with E-state index in [1.54, 1.807) is 19.1 Å². The fourth-order valence-electron chi connectivity index (χ4n) is 1.56. The van der Waals surface area contributed by atoms with Crippen molar-refractivity contribution in [3.8, 4) is 11.5 Å².